The summed E-state index contributed by atoms with van der Waals surface area (Å²) in [4.78, 5) is 18.9. The van der Waals surface area contributed by atoms with Crippen LogP contribution in [0, 0.1) is 15.9 Å². The Balaban J connectivity index is 1.71. The summed E-state index contributed by atoms with van der Waals surface area (Å²) in [6, 6.07) is 9.63. The number of anilines is 2. The molecule has 10 heteroatoms. The zero-order chi connectivity index (χ0) is 22.1. The highest BCUT2D eigenvalue weighted by Crippen LogP contribution is 2.35. The summed E-state index contributed by atoms with van der Waals surface area (Å²) >= 11 is 0. The molecule has 0 atom stereocenters. The summed E-state index contributed by atoms with van der Waals surface area (Å²) in [6.07, 6.45) is 2.90. The fourth-order valence-electron chi connectivity index (χ4n) is 3.18. The molecular weight excluding hydrogens is 403 g/mol. The highest BCUT2D eigenvalue weighted by atomic mass is 19.1. The second-order valence-electron chi connectivity index (χ2n) is 7.18. The summed E-state index contributed by atoms with van der Waals surface area (Å²) in [5.74, 6) is -0.444. The Hall–Kier alpha value is -4.08. The number of hydrogen-bond donors (Lipinski definition) is 1. The number of nitro groups is 1. The third kappa shape index (κ3) is 4.13. The minimum absolute atomic E-state index is 0.148. The van der Waals surface area contributed by atoms with Gasteiger partial charge in [0.15, 0.2) is 0 Å². The van der Waals surface area contributed by atoms with Crippen LogP contribution in [0.15, 0.2) is 48.9 Å². The number of ether oxygens (including phenoxy) is 1. The van der Waals surface area contributed by atoms with Gasteiger partial charge in [-0.2, -0.15) is 9.49 Å². The van der Waals surface area contributed by atoms with E-state index in [1.807, 2.05) is 25.2 Å². The third-order valence-corrected chi connectivity index (χ3v) is 4.58. The predicted octanol–water partition coefficient (Wildman–Crippen LogP) is 4.61. The van der Waals surface area contributed by atoms with Gasteiger partial charge in [-0.05, 0) is 26.0 Å². The van der Waals surface area contributed by atoms with Gasteiger partial charge >= 0.3 is 5.69 Å². The van der Waals surface area contributed by atoms with Crippen LogP contribution in [0.5, 0.6) is 5.75 Å². The van der Waals surface area contributed by atoms with Crippen molar-refractivity contribution >= 4 is 28.1 Å². The molecule has 0 saturated carbocycles. The van der Waals surface area contributed by atoms with E-state index in [1.165, 1.54) is 6.33 Å². The van der Waals surface area contributed by atoms with Crippen molar-refractivity contribution in [2.75, 3.05) is 5.32 Å². The molecule has 0 fully saturated rings. The number of nitrogens with zero attached hydrogens (tertiary/aromatic N) is 5. The van der Waals surface area contributed by atoms with E-state index in [9.17, 15) is 14.5 Å². The summed E-state index contributed by atoms with van der Waals surface area (Å²) in [5, 5.41) is 19.4. The molecule has 2 aromatic carbocycles. The van der Waals surface area contributed by atoms with E-state index < -0.39 is 16.4 Å². The van der Waals surface area contributed by atoms with Crippen molar-refractivity contribution in [3.63, 3.8) is 0 Å². The van der Waals surface area contributed by atoms with Crippen molar-refractivity contribution in [1.29, 1.82) is 0 Å². The van der Waals surface area contributed by atoms with Gasteiger partial charge in [-0.25, -0.2) is 9.97 Å². The van der Waals surface area contributed by atoms with E-state index in [0.717, 1.165) is 28.6 Å². The number of halogens is 1. The van der Waals surface area contributed by atoms with E-state index >= 15 is 0 Å². The van der Waals surface area contributed by atoms with Crippen LogP contribution in [0.25, 0.3) is 22.2 Å². The highest BCUT2D eigenvalue weighted by Gasteiger charge is 2.20. The Bertz CT molecular complexity index is 1290. The number of fused-ring (bicyclic) bond motifs is 1. The van der Waals surface area contributed by atoms with Gasteiger partial charge in [0.05, 0.1) is 34.1 Å². The molecule has 0 aliphatic rings. The number of hydrogen-bond acceptors (Lipinski definition) is 7. The number of rotatable bonds is 6. The topological polar surface area (TPSA) is 108 Å². The molecule has 0 spiro atoms. The first kappa shape index (κ1) is 20.2. The number of aromatic nitrogens is 4. The summed E-state index contributed by atoms with van der Waals surface area (Å²) < 4.78 is 21.5. The zero-order valence-electron chi connectivity index (χ0n) is 17.0. The maximum Gasteiger partial charge on any atom is 0.307 e. The molecule has 2 heterocycles. The molecule has 0 amide bonds. The number of nitro benzene ring substituents is 1. The number of benzene rings is 2. The van der Waals surface area contributed by atoms with Crippen LogP contribution >= 0.6 is 0 Å². The van der Waals surface area contributed by atoms with Gasteiger partial charge in [0.2, 0.25) is 5.82 Å². The summed E-state index contributed by atoms with van der Waals surface area (Å²) in [7, 11) is 1.87. The molecule has 2 aromatic heterocycles. The summed E-state index contributed by atoms with van der Waals surface area (Å²) in [5.41, 5.74) is 2.07. The van der Waals surface area contributed by atoms with Gasteiger partial charge < -0.3 is 10.1 Å². The van der Waals surface area contributed by atoms with Gasteiger partial charge in [0.1, 0.15) is 17.9 Å². The molecule has 0 unspecified atom stereocenters. The molecular formula is C21H19FN6O3. The van der Waals surface area contributed by atoms with E-state index in [0.29, 0.717) is 11.5 Å². The average Bonchev–Trinajstić information content (AvgIpc) is 3.09. The van der Waals surface area contributed by atoms with E-state index in [-0.39, 0.29) is 17.5 Å². The second-order valence-corrected chi connectivity index (χ2v) is 7.18. The molecule has 9 nitrogen and oxygen atoms in total. The number of aryl methyl sites for hydroxylation is 1. The monoisotopic (exact) mass is 422 g/mol. The van der Waals surface area contributed by atoms with Crippen LogP contribution in [0.3, 0.4) is 0 Å². The molecule has 1 N–H and O–H groups in total. The maximum atomic E-state index is 14.1. The van der Waals surface area contributed by atoms with Crippen molar-refractivity contribution in [2.45, 2.75) is 20.0 Å². The van der Waals surface area contributed by atoms with Gasteiger partial charge in [-0.1, -0.05) is 6.07 Å². The van der Waals surface area contributed by atoms with Crippen molar-refractivity contribution in [1.82, 2.24) is 19.7 Å². The van der Waals surface area contributed by atoms with Crippen molar-refractivity contribution in [2.24, 2.45) is 7.05 Å². The van der Waals surface area contributed by atoms with Crippen LogP contribution in [0.4, 0.5) is 21.6 Å². The molecule has 0 radical (unpaired) electrons. The van der Waals surface area contributed by atoms with E-state index in [1.54, 1.807) is 30.8 Å². The lowest BCUT2D eigenvalue weighted by Gasteiger charge is -2.15. The lowest BCUT2D eigenvalue weighted by Crippen LogP contribution is -2.09. The fourth-order valence-corrected chi connectivity index (χ4v) is 3.18. The fraction of sp³-hybridized carbons (Fsp3) is 0.190. The minimum atomic E-state index is -0.973. The van der Waals surface area contributed by atoms with Crippen LogP contribution in [-0.2, 0) is 7.05 Å². The van der Waals surface area contributed by atoms with Gasteiger partial charge in [-0.15, -0.1) is 0 Å². The standard InChI is InChI=1S/C21H19FN6O3/c1-12(2)31-20-7-15(22)19(28(29)30)8-17(20)26-21-9-16(23-11-24-21)13-4-5-18-14(6-13)10-25-27(18)3/h4-12H,1-3H3,(H,23,24,26). The first-order chi connectivity index (χ1) is 14.8. The summed E-state index contributed by atoms with van der Waals surface area (Å²) in [6.45, 7) is 3.56. The average molecular weight is 422 g/mol. The largest absolute Gasteiger partial charge is 0.489 e. The van der Waals surface area contributed by atoms with Crippen LogP contribution in [0.1, 0.15) is 13.8 Å². The van der Waals surface area contributed by atoms with E-state index in [2.05, 4.69) is 20.4 Å². The highest BCUT2D eigenvalue weighted by molar-refractivity contribution is 5.84. The smallest absolute Gasteiger partial charge is 0.307 e. The Morgan fingerprint density at radius 3 is 2.74 bits per heavy atom. The Kier molecular flexibility index (Phi) is 5.20. The number of nitrogens with one attached hydrogen (secondary N) is 1. The quantitative estimate of drug-likeness (QED) is 0.357. The third-order valence-electron chi connectivity index (χ3n) is 4.58. The minimum Gasteiger partial charge on any atom is -0.489 e. The normalized spacial score (nSPS) is 11.1. The molecule has 4 rings (SSSR count). The molecule has 0 bridgehead atoms. The first-order valence-electron chi connectivity index (χ1n) is 9.47. The lowest BCUT2D eigenvalue weighted by molar-refractivity contribution is -0.387. The first-order valence-corrected chi connectivity index (χ1v) is 9.47. The second kappa shape index (κ2) is 7.98. The van der Waals surface area contributed by atoms with E-state index in [4.69, 9.17) is 4.74 Å². The Morgan fingerprint density at radius 1 is 1.19 bits per heavy atom. The van der Waals surface area contributed by atoms with Gasteiger partial charge in [0.25, 0.3) is 0 Å². The molecule has 31 heavy (non-hydrogen) atoms. The SMILES string of the molecule is CC(C)Oc1cc(F)c([N+](=O)[O-])cc1Nc1cc(-c2ccc3c(cnn3C)c2)ncn1. The van der Waals surface area contributed by atoms with Crippen LogP contribution in [-0.4, -0.2) is 30.8 Å². The zero-order valence-corrected chi connectivity index (χ0v) is 17.0. The van der Waals surface area contributed by atoms with Gasteiger partial charge in [-0.3, -0.25) is 14.8 Å². The Labute approximate surface area is 176 Å². The molecule has 158 valence electrons. The van der Waals surface area contributed by atoms with Crippen LogP contribution < -0.4 is 10.1 Å². The molecule has 0 saturated heterocycles. The molecule has 4 aromatic rings. The van der Waals surface area contributed by atoms with Crippen molar-refractivity contribution in [3.8, 4) is 17.0 Å². The van der Waals surface area contributed by atoms with Crippen molar-refractivity contribution < 1.29 is 14.1 Å². The predicted molar refractivity (Wildman–Crippen MR) is 114 cm³/mol. The lowest BCUT2D eigenvalue weighted by atomic mass is 10.1. The van der Waals surface area contributed by atoms with Gasteiger partial charge in [0, 0.05) is 36.2 Å². The van der Waals surface area contributed by atoms with Crippen LogP contribution in [0.2, 0.25) is 0 Å². The molecule has 0 aliphatic carbocycles. The maximum absolute atomic E-state index is 14.1. The molecule has 0 aliphatic heterocycles. The van der Waals surface area contributed by atoms with Crippen molar-refractivity contribution in [3.05, 3.63) is 64.9 Å². The Morgan fingerprint density at radius 2 is 2.00 bits per heavy atom.